The van der Waals surface area contributed by atoms with Crippen LogP contribution in [-0.4, -0.2) is 23.9 Å². The van der Waals surface area contributed by atoms with Crippen molar-refractivity contribution in [1.82, 2.24) is 0 Å². The summed E-state index contributed by atoms with van der Waals surface area (Å²) in [5.41, 5.74) is 0. The number of rotatable bonds is 2. The molecule has 0 aromatic rings. The lowest BCUT2D eigenvalue weighted by Gasteiger charge is -2.26. The van der Waals surface area contributed by atoms with Gasteiger partial charge >= 0.3 is 0 Å². The molecule has 5 heteroatoms. The van der Waals surface area contributed by atoms with Crippen molar-refractivity contribution in [3.05, 3.63) is 22.4 Å². The number of ether oxygens (including phenoxy) is 2. The molecule has 0 aromatic heterocycles. The maximum atomic E-state index is 10.1. The van der Waals surface area contributed by atoms with Crippen molar-refractivity contribution < 1.29 is 14.4 Å². The fourth-order valence-corrected chi connectivity index (χ4v) is 2.08. The van der Waals surface area contributed by atoms with E-state index in [9.17, 15) is 10.1 Å². The van der Waals surface area contributed by atoms with Crippen LogP contribution in [0.25, 0.3) is 0 Å². The fraction of sp³-hybridized carbons (Fsp3) is 0.778. The smallest absolute Gasteiger partial charge is 0.230 e. The van der Waals surface area contributed by atoms with E-state index in [0.717, 1.165) is 25.5 Å². The van der Waals surface area contributed by atoms with Crippen LogP contribution < -0.4 is 0 Å². The maximum absolute atomic E-state index is 10.1. The minimum absolute atomic E-state index is 0.144. The van der Waals surface area contributed by atoms with Gasteiger partial charge in [0, 0.05) is 0 Å². The Bertz CT molecular complexity index is 253. The molecule has 1 saturated carbocycles. The van der Waals surface area contributed by atoms with Crippen LogP contribution in [0, 0.1) is 16.0 Å². The van der Waals surface area contributed by atoms with Gasteiger partial charge in [-0.1, -0.05) is 0 Å². The van der Waals surface area contributed by atoms with Crippen molar-refractivity contribution in [2.75, 3.05) is 6.79 Å². The molecule has 5 nitrogen and oxygen atoms in total. The highest BCUT2D eigenvalue weighted by Crippen LogP contribution is 2.32. The van der Waals surface area contributed by atoms with Crippen LogP contribution in [0.4, 0.5) is 0 Å². The Hall–Kier alpha value is -0.940. The van der Waals surface area contributed by atoms with Crippen molar-refractivity contribution in [2.24, 2.45) is 5.92 Å². The largest absolute Gasteiger partial charge is 0.349 e. The van der Waals surface area contributed by atoms with Crippen molar-refractivity contribution in [1.29, 1.82) is 0 Å². The van der Waals surface area contributed by atoms with Gasteiger partial charge in [0.15, 0.2) is 0 Å². The van der Waals surface area contributed by atoms with E-state index in [1.165, 1.54) is 0 Å². The third kappa shape index (κ3) is 2.10. The average molecular weight is 199 g/mol. The lowest BCUT2D eigenvalue weighted by molar-refractivity contribution is -0.402. The quantitative estimate of drug-likeness (QED) is 0.497. The zero-order chi connectivity index (χ0) is 9.97. The summed E-state index contributed by atoms with van der Waals surface area (Å²) >= 11 is 0. The number of hydrogen-bond donors (Lipinski definition) is 0. The van der Waals surface area contributed by atoms with Crippen LogP contribution in [0.5, 0.6) is 0 Å². The Morgan fingerprint density at radius 1 is 1.29 bits per heavy atom. The average Bonchev–Trinajstić information content (AvgIpc) is 2.61. The van der Waals surface area contributed by atoms with Gasteiger partial charge in [0.05, 0.1) is 17.1 Å². The summed E-state index contributed by atoms with van der Waals surface area (Å²) in [4.78, 5) is 9.71. The minimum Gasteiger partial charge on any atom is -0.349 e. The molecule has 0 spiro atoms. The molecule has 2 rings (SSSR count). The van der Waals surface area contributed by atoms with Crippen molar-refractivity contribution in [3.63, 3.8) is 0 Å². The topological polar surface area (TPSA) is 61.6 Å². The molecule has 2 fully saturated rings. The third-order valence-electron chi connectivity index (χ3n) is 2.82. The molecule has 0 radical (unpaired) electrons. The summed E-state index contributed by atoms with van der Waals surface area (Å²) in [6, 6.07) is 0. The molecule has 0 aromatic carbocycles. The van der Waals surface area contributed by atoms with Crippen molar-refractivity contribution in [2.45, 2.75) is 31.5 Å². The molecule has 3 atom stereocenters. The summed E-state index contributed by atoms with van der Waals surface area (Å²) < 4.78 is 10.7. The highest BCUT2D eigenvalue weighted by atomic mass is 16.7. The van der Waals surface area contributed by atoms with E-state index >= 15 is 0 Å². The van der Waals surface area contributed by atoms with Gasteiger partial charge in [0.1, 0.15) is 6.79 Å². The summed E-state index contributed by atoms with van der Waals surface area (Å²) in [7, 11) is 0. The van der Waals surface area contributed by atoms with Crippen LogP contribution in [0.3, 0.4) is 0 Å². The molecule has 2 aliphatic rings. The first-order valence-electron chi connectivity index (χ1n) is 4.81. The lowest BCUT2D eigenvalue weighted by atomic mass is 9.85. The van der Waals surface area contributed by atoms with Gasteiger partial charge in [-0.25, -0.2) is 0 Å². The van der Waals surface area contributed by atoms with Crippen molar-refractivity contribution in [3.8, 4) is 0 Å². The highest BCUT2D eigenvalue weighted by Gasteiger charge is 2.35. The maximum Gasteiger partial charge on any atom is 0.230 e. The molecule has 3 unspecified atom stereocenters. The van der Waals surface area contributed by atoms with Crippen LogP contribution >= 0.6 is 0 Å². The first-order valence-corrected chi connectivity index (χ1v) is 4.81. The van der Waals surface area contributed by atoms with E-state index in [1.807, 2.05) is 0 Å². The first-order chi connectivity index (χ1) is 6.75. The van der Waals surface area contributed by atoms with E-state index in [2.05, 4.69) is 0 Å². The number of fused-ring (bicyclic) bond motifs is 1. The molecule has 1 aliphatic carbocycles. The molecule has 78 valence electrons. The van der Waals surface area contributed by atoms with Gasteiger partial charge in [-0.2, -0.15) is 0 Å². The van der Waals surface area contributed by atoms with E-state index < -0.39 is 4.92 Å². The van der Waals surface area contributed by atoms with E-state index in [1.54, 1.807) is 6.08 Å². The summed E-state index contributed by atoms with van der Waals surface area (Å²) in [5.74, 6) is 0.267. The summed E-state index contributed by atoms with van der Waals surface area (Å²) in [6.07, 6.45) is 5.79. The van der Waals surface area contributed by atoms with E-state index in [-0.39, 0.29) is 18.1 Å². The number of allylic oxidation sites excluding steroid dienone is 1. The molecule has 0 amide bonds. The van der Waals surface area contributed by atoms with Crippen LogP contribution in [0.15, 0.2) is 12.3 Å². The lowest BCUT2D eigenvalue weighted by Crippen LogP contribution is -2.30. The molecule has 0 bridgehead atoms. The number of nitro groups is 1. The summed E-state index contributed by atoms with van der Waals surface area (Å²) in [5, 5.41) is 10.1. The second kappa shape index (κ2) is 4.06. The zero-order valence-corrected chi connectivity index (χ0v) is 7.80. The first kappa shape index (κ1) is 9.61. The molecule has 14 heavy (non-hydrogen) atoms. The molecule has 0 N–H and O–H groups in total. The third-order valence-corrected chi connectivity index (χ3v) is 2.82. The van der Waals surface area contributed by atoms with E-state index in [0.29, 0.717) is 6.79 Å². The highest BCUT2D eigenvalue weighted by molar-refractivity contribution is 4.92. The summed E-state index contributed by atoms with van der Waals surface area (Å²) in [6.45, 7) is 0.376. The Labute approximate surface area is 81.8 Å². The van der Waals surface area contributed by atoms with Crippen LogP contribution in [-0.2, 0) is 9.47 Å². The Balaban J connectivity index is 1.88. The van der Waals surface area contributed by atoms with Gasteiger partial charge in [-0.3, -0.25) is 10.1 Å². The van der Waals surface area contributed by atoms with Gasteiger partial charge in [-0.05, 0) is 31.3 Å². The molecule has 1 saturated heterocycles. The van der Waals surface area contributed by atoms with Crippen molar-refractivity contribution >= 4 is 0 Å². The Morgan fingerprint density at radius 2 is 2.07 bits per heavy atom. The monoisotopic (exact) mass is 199 g/mol. The minimum atomic E-state index is -0.419. The predicted octanol–water partition coefficient (Wildman–Crippen LogP) is 1.32. The molecule has 1 heterocycles. The van der Waals surface area contributed by atoms with E-state index in [4.69, 9.17) is 9.47 Å². The zero-order valence-electron chi connectivity index (χ0n) is 7.80. The van der Waals surface area contributed by atoms with Crippen LogP contribution in [0.1, 0.15) is 19.3 Å². The molecule has 1 aliphatic heterocycles. The Kier molecular flexibility index (Phi) is 2.79. The second-order valence-electron chi connectivity index (χ2n) is 3.73. The predicted molar refractivity (Wildman–Crippen MR) is 48.1 cm³/mol. The SMILES string of the molecule is O=[N+]([O-])/C=C/C1CCC2OCOC2C1. The molecular weight excluding hydrogens is 186 g/mol. The number of hydrogen-bond acceptors (Lipinski definition) is 4. The van der Waals surface area contributed by atoms with Crippen LogP contribution in [0.2, 0.25) is 0 Å². The second-order valence-corrected chi connectivity index (χ2v) is 3.73. The van der Waals surface area contributed by atoms with Gasteiger partial charge in [0.2, 0.25) is 6.20 Å². The van der Waals surface area contributed by atoms with Gasteiger partial charge in [-0.15, -0.1) is 0 Å². The normalized spacial score (nSPS) is 37.3. The Morgan fingerprint density at radius 3 is 2.86 bits per heavy atom. The van der Waals surface area contributed by atoms with Gasteiger partial charge < -0.3 is 9.47 Å². The number of nitrogens with zero attached hydrogens (tertiary/aromatic N) is 1. The van der Waals surface area contributed by atoms with Gasteiger partial charge in [0.25, 0.3) is 0 Å². The fourth-order valence-electron chi connectivity index (χ4n) is 2.08. The standard InChI is InChI=1S/C9H13NO4/c11-10(12)4-3-7-1-2-8-9(5-7)14-6-13-8/h3-4,7-9H,1-2,5-6H2/b4-3+. The molecular formula is C9H13NO4.